The van der Waals surface area contributed by atoms with Crippen LogP contribution < -0.4 is 22.6 Å². The summed E-state index contributed by atoms with van der Waals surface area (Å²) in [5, 5.41) is 0. The second kappa shape index (κ2) is 13.1. The molecule has 0 aliphatic heterocycles. The third kappa shape index (κ3) is 6.40. The number of rotatable bonds is 11. The van der Waals surface area contributed by atoms with Crippen LogP contribution in [-0.2, 0) is 10.9 Å². The van der Waals surface area contributed by atoms with Gasteiger partial charge in [-0.05, 0) is 66.1 Å². The summed E-state index contributed by atoms with van der Waals surface area (Å²) in [6.07, 6.45) is 0.520. The van der Waals surface area contributed by atoms with E-state index < -0.39 is 17.2 Å². The van der Waals surface area contributed by atoms with Crippen LogP contribution in [-0.4, -0.2) is 12.9 Å². The summed E-state index contributed by atoms with van der Waals surface area (Å²) in [6, 6.07) is 38.9. The molecule has 5 aromatic carbocycles. The van der Waals surface area contributed by atoms with Gasteiger partial charge < -0.3 is 22.6 Å². The molecule has 1 unspecified atom stereocenters. The van der Waals surface area contributed by atoms with Crippen molar-refractivity contribution in [1.29, 1.82) is 0 Å². The average Bonchev–Trinajstić information content (AvgIpc) is 3.02. The predicted molar refractivity (Wildman–Crippen MR) is 162 cm³/mol. The Morgan fingerprint density at radius 2 is 0.881 bits per heavy atom. The van der Waals surface area contributed by atoms with Crippen LogP contribution >= 0.6 is 17.2 Å². The standard InChI is InChI=1S/C33H26O7P2/c1-35-41(36-26-15-5-2-6-16-26)39-29-21-11-13-24-23-25-14-12-22-30(32(25)33(34)31(24)29)40-42(37-27-17-7-3-8-18-27)38-28-19-9-4-10-20-28/h2-22H,23H2,1H3. The summed E-state index contributed by atoms with van der Waals surface area (Å²) >= 11 is 0. The van der Waals surface area contributed by atoms with Gasteiger partial charge in [0, 0.05) is 7.11 Å². The van der Waals surface area contributed by atoms with Crippen LogP contribution in [0, 0.1) is 0 Å². The van der Waals surface area contributed by atoms with E-state index in [0.717, 1.165) is 11.1 Å². The number of hydrogen-bond acceptors (Lipinski definition) is 7. The molecule has 0 fully saturated rings. The Labute approximate surface area is 246 Å². The van der Waals surface area contributed by atoms with Crippen LogP contribution in [0.3, 0.4) is 0 Å². The average molecular weight is 597 g/mol. The van der Waals surface area contributed by atoms with Crippen LogP contribution in [0.15, 0.2) is 127 Å². The van der Waals surface area contributed by atoms with Gasteiger partial charge in [-0.3, -0.25) is 9.32 Å². The quantitative estimate of drug-likeness (QED) is 0.138. The van der Waals surface area contributed by atoms with Gasteiger partial charge in [0.25, 0.3) is 0 Å². The van der Waals surface area contributed by atoms with Crippen molar-refractivity contribution in [2.75, 3.05) is 7.11 Å². The molecule has 0 radical (unpaired) electrons. The zero-order valence-corrected chi connectivity index (χ0v) is 24.4. The third-order valence-electron chi connectivity index (χ3n) is 6.32. The molecule has 5 aromatic rings. The number of fused-ring (bicyclic) bond motifs is 2. The van der Waals surface area contributed by atoms with Crippen LogP contribution in [0.4, 0.5) is 0 Å². The number of carbonyl (C=O) groups is 1. The van der Waals surface area contributed by atoms with Gasteiger partial charge in [0.15, 0.2) is 0 Å². The summed E-state index contributed by atoms with van der Waals surface area (Å²) in [6.45, 7) is 0. The van der Waals surface area contributed by atoms with Gasteiger partial charge in [-0.1, -0.05) is 78.9 Å². The van der Waals surface area contributed by atoms with Crippen molar-refractivity contribution in [3.63, 3.8) is 0 Å². The lowest BCUT2D eigenvalue weighted by Crippen LogP contribution is -2.18. The highest BCUT2D eigenvalue weighted by Crippen LogP contribution is 2.47. The Balaban J connectivity index is 1.30. The van der Waals surface area contributed by atoms with Crippen LogP contribution in [0.5, 0.6) is 28.7 Å². The van der Waals surface area contributed by atoms with Gasteiger partial charge in [0.05, 0.1) is 11.1 Å². The molecule has 0 saturated heterocycles. The van der Waals surface area contributed by atoms with Crippen molar-refractivity contribution in [3.8, 4) is 28.7 Å². The van der Waals surface area contributed by atoms with E-state index in [1.165, 1.54) is 7.11 Å². The van der Waals surface area contributed by atoms with Crippen LogP contribution in [0.25, 0.3) is 0 Å². The minimum atomic E-state index is -1.96. The first-order chi connectivity index (χ1) is 20.7. The zero-order valence-electron chi connectivity index (χ0n) is 22.6. The Kier molecular flexibility index (Phi) is 8.62. The molecule has 0 N–H and O–H groups in total. The minimum Gasteiger partial charge on any atom is -0.418 e. The van der Waals surface area contributed by atoms with Crippen molar-refractivity contribution in [2.45, 2.75) is 6.42 Å². The summed E-state index contributed by atoms with van der Waals surface area (Å²) in [5.74, 6) is 2.30. The number of ketones is 1. The van der Waals surface area contributed by atoms with E-state index in [9.17, 15) is 4.79 Å². The lowest BCUT2D eigenvalue weighted by Gasteiger charge is -2.25. The molecule has 0 bridgehead atoms. The van der Waals surface area contributed by atoms with Crippen molar-refractivity contribution in [3.05, 3.63) is 150 Å². The van der Waals surface area contributed by atoms with E-state index in [1.807, 2.05) is 115 Å². The molecule has 9 heteroatoms. The summed E-state index contributed by atoms with van der Waals surface area (Å²) in [7, 11) is -2.27. The van der Waals surface area contributed by atoms with Crippen molar-refractivity contribution in [2.24, 2.45) is 0 Å². The number of hydrogen-bond donors (Lipinski definition) is 0. The monoisotopic (exact) mass is 596 g/mol. The molecule has 42 heavy (non-hydrogen) atoms. The van der Waals surface area contributed by atoms with E-state index >= 15 is 0 Å². The zero-order chi connectivity index (χ0) is 28.7. The highest BCUT2D eigenvalue weighted by molar-refractivity contribution is 7.43. The molecular formula is C33H26O7P2. The Bertz CT molecular complexity index is 1610. The fourth-order valence-corrected chi connectivity index (χ4v) is 6.26. The van der Waals surface area contributed by atoms with Gasteiger partial charge in [0.2, 0.25) is 5.78 Å². The van der Waals surface area contributed by atoms with Crippen LogP contribution in [0.2, 0.25) is 0 Å². The normalized spacial score (nSPS) is 12.6. The molecule has 1 aliphatic carbocycles. The molecule has 1 aliphatic rings. The number of para-hydroxylation sites is 3. The van der Waals surface area contributed by atoms with Crippen LogP contribution in [0.1, 0.15) is 27.0 Å². The van der Waals surface area contributed by atoms with E-state index in [0.29, 0.717) is 46.3 Å². The van der Waals surface area contributed by atoms with E-state index in [4.69, 9.17) is 27.1 Å². The van der Waals surface area contributed by atoms with Gasteiger partial charge in [-0.15, -0.1) is 0 Å². The molecule has 0 saturated carbocycles. The lowest BCUT2D eigenvalue weighted by molar-refractivity contribution is 0.103. The smallest absolute Gasteiger partial charge is 0.418 e. The summed E-state index contributed by atoms with van der Waals surface area (Å²) in [4.78, 5) is 14.2. The Morgan fingerprint density at radius 1 is 0.476 bits per heavy atom. The fourth-order valence-electron chi connectivity index (χ4n) is 4.46. The Hall–Kier alpha value is -4.41. The molecular weight excluding hydrogens is 570 g/mol. The van der Waals surface area contributed by atoms with Gasteiger partial charge >= 0.3 is 17.2 Å². The molecule has 0 spiro atoms. The van der Waals surface area contributed by atoms with E-state index in [1.54, 1.807) is 12.1 Å². The molecule has 1 atom stereocenters. The molecule has 0 aromatic heterocycles. The largest absolute Gasteiger partial charge is 0.530 e. The summed E-state index contributed by atoms with van der Waals surface area (Å²) in [5.41, 5.74) is 2.56. The van der Waals surface area contributed by atoms with E-state index in [-0.39, 0.29) is 5.78 Å². The third-order valence-corrected chi connectivity index (χ3v) is 8.39. The van der Waals surface area contributed by atoms with Crippen molar-refractivity contribution in [1.82, 2.24) is 0 Å². The van der Waals surface area contributed by atoms with Crippen molar-refractivity contribution >= 4 is 23.0 Å². The number of carbonyl (C=O) groups excluding carboxylic acids is 1. The number of benzene rings is 5. The minimum absolute atomic E-state index is 0.224. The maximum Gasteiger partial charge on any atom is 0.530 e. The SMILES string of the molecule is COP(Oc1ccccc1)Oc1cccc2c1C(=O)c1c(cccc1OP(Oc1ccccc1)Oc1ccccc1)C2. The molecule has 7 nitrogen and oxygen atoms in total. The molecule has 6 rings (SSSR count). The highest BCUT2D eigenvalue weighted by Gasteiger charge is 2.33. The Morgan fingerprint density at radius 3 is 1.31 bits per heavy atom. The van der Waals surface area contributed by atoms with Gasteiger partial charge in [0.1, 0.15) is 28.7 Å². The second-order valence-electron chi connectivity index (χ2n) is 9.11. The van der Waals surface area contributed by atoms with Crippen molar-refractivity contribution < 1.29 is 31.9 Å². The molecule has 0 amide bonds. The fraction of sp³-hybridized carbons (Fsp3) is 0.0606. The maximum atomic E-state index is 14.2. The first kappa shape index (κ1) is 27.7. The molecule has 0 heterocycles. The summed E-state index contributed by atoms with van der Waals surface area (Å²) < 4.78 is 36.1. The first-order valence-electron chi connectivity index (χ1n) is 13.2. The first-order valence-corrected chi connectivity index (χ1v) is 15.3. The lowest BCUT2D eigenvalue weighted by atomic mass is 9.84. The topological polar surface area (TPSA) is 72.5 Å². The van der Waals surface area contributed by atoms with Gasteiger partial charge in [-0.25, -0.2) is 0 Å². The second-order valence-corrected chi connectivity index (χ2v) is 11.3. The highest BCUT2D eigenvalue weighted by atomic mass is 31.2. The van der Waals surface area contributed by atoms with E-state index in [2.05, 4.69) is 0 Å². The maximum absolute atomic E-state index is 14.2. The molecule has 210 valence electrons. The predicted octanol–water partition coefficient (Wildman–Crippen LogP) is 8.92. The van der Waals surface area contributed by atoms with Gasteiger partial charge in [-0.2, -0.15) is 0 Å².